The molecule has 1 saturated heterocycles. The van der Waals surface area contributed by atoms with Gasteiger partial charge in [-0.1, -0.05) is 41.5 Å². The largest absolute Gasteiger partial charge is 0.364 e. The zero-order chi connectivity index (χ0) is 28.2. The monoisotopic (exact) mass is 556 g/mol. The third-order valence-corrected chi connectivity index (χ3v) is 9.00. The minimum atomic E-state index is -4.02. The number of carbonyl (C=O) groups excluding carboxylic acids is 2. The number of nitrogens with one attached hydrogen (secondary N) is 2. The molecule has 0 radical (unpaired) electrons. The Kier molecular flexibility index (Phi) is 7.51. The van der Waals surface area contributed by atoms with Crippen LogP contribution in [-0.2, 0) is 28.7 Å². The van der Waals surface area contributed by atoms with Gasteiger partial charge in [0.15, 0.2) is 5.92 Å². The van der Waals surface area contributed by atoms with Gasteiger partial charge < -0.3 is 19.8 Å². The van der Waals surface area contributed by atoms with Gasteiger partial charge in [-0.05, 0) is 37.0 Å². The van der Waals surface area contributed by atoms with Gasteiger partial charge in [0.1, 0.15) is 5.84 Å². The van der Waals surface area contributed by atoms with Crippen LogP contribution < -0.4 is 15.3 Å². The number of ketones is 1. The average Bonchev–Trinajstić information content (AvgIpc) is 2.91. The lowest BCUT2D eigenvalue weighted by molar-refractivity contribution is -0.181. The van der Waals surface area contributed by atoms with E-state index in [9.17, 15) is 27.7 Å². The number of sulfonamides is 1. The number of likely N-dealkylation sites (tertiary alicyclic amines) is 1. The summed E-state index contributed by atoms with van der Waals surface area (Å²) in [7, 11) is -7.62. The summed E-state index contributed by atoms with van der Waals surface area (Å²) in [5, 5.41) is 14.7. The number of hydrogen-bond acceptors (Lipinski definition) is 8. The summed E-state index contributed by atoms with van der Waals surface area (Å²) in [5.41, 5.74) is -2.88. The lowest BCUT2D eigenvalue weighted by Gasteiger charge is -2.42. The summed E-state index contributed by atoms with van der Waals surface area (Å²) in [6.07, 6.45) is 1.52. The molecule has 0 saturated carbocycles. The molecule has 13 heteroatoms. The molecular formula is C24H37N4O7PS. The fraction of sp³-hybridized carbons (Fsp3) is 0.625. The number of nitrogens with zero attached hydrogens (tertiary/aromatic N) is 2. The molecule has 0 aliphatic carbocycles. The van der Waals surface area contributed by atoms with Gasteiger partial charge in [-0.15, -0.1) is 0 Å². The summed E-state index contributed by atoms with van der Waals surface area (Å²) < 4.78 is 49.4. The molecule has 1 amide bonds. The Bertz CT molecular complexity index is 1300. The van der Waals surface area contributed by atoms with E-state index in [2.05, 4.69) is 14.8 Å². The molecule has 3 atom stereocenters. The molecule has 1 aromatic rings. The highest BCUT2D eigenvalue weighted by Crippen LogP contribution is 2.53. The minimum absolute atomic E-state index is 0.00737. The van der Waals surface area contributed by atoms with Crippen LogP contribution in [0, 0.1) is 16.7 Å². The summed E-state index contributed by atoms with van der Waals surface area (Å²) in [4.78, 5) is 28.7. The van der Waals surface area contributed by atoms with Gasteiger partial charge in [0.25, 0.3) is 0 Å². The number of anilines is 2. The van der Waals surface area contributed by atoms with E-state index >= 15 is 0 Å². The number of rotatable bonds is 7. The second-order valence-electron chi connectivity index (χ2n) is 11.7. The highest BCUT2D eigenvalue weighted by molar-refractivity contribution is 7.92. The van der Waals surface area contributed by atoms with Crippen LogP contribution in [-0.4, -0.2) is 61.1 Å². The topological polar surface area (TPSA) is 154 Å². The van der Waals surface area contributed by atoms with Gasteiger partial charge in [-0.3, -0.25) is 18.9 Å². The van der Waals surface area contributed by atoms with Crippen molar-refractivity contribution in [3.63, 3.8) is 0 Å². The smallest absolute Gasteiger partial charge is 0.348 e. The predicted octanol–water partition coefficient (Wildman–Crippen LogP) is 2.94. The average molecular weight is 557 g/mol. The molecule has 1 aromatic carbocycles. The Hall–Kier alpha value is -2.27. The number of aliphatic hydroxyl groups is 1. The molecule has 0 spiro atoms. The second-order valence-corrected chi connectivity index (χ2v) is 15.4. The number of hydrogen-bond donors (Lipinski definition) is 3. The maximum absolute atomic E-state index is 13.9. The van der Waals surface area contributed by atoms with Gasteiger partial charge in [0.05, 0.1) is 23.9 Å². The van der Waals surface area contributed by atoms with Crippen molar-refractivity contribution in [3.05, 3.63) is 18.2 Å². The molecule has 0 aromatic heterocycles. The van der Waals surface area contributed by atoms with Crippen molar-refractivity contribution in [1.82, 2.24) is 4.90 Å². The van der Waals surface area contributed by atoms with Gasteiger partial charge in [-0.25, -0.2) is 8.42 Å². The molecule has 2 heterocycles. The molecule has 0 bridgehead atoms. The highest BCUT2D eigenvalue weighted by atomic mass is 32.2. The van der Waals surface area contributed by atoms with Crippen molar-refractivity contribution in [3.8, 4) is 0 Å². The van der Waals surface area contributed by atoms with Gasteiger partial charge in [0.2, 0.25) is 27.4 Å². The van der Waals surface area contributed by atoms with Crippen LogP contribution >= 0.6 is 7.52 Å². The number of fused-ring (bicyclic) bond motifs is 1. The van der Waals surface area contributed by atoms with E-state index in [1.54, 1.807) is 27.7 Å². The Labute approximate surface area is 218 Å². The lowest BCUT2D eigenvalue weighted by atomic mass is 9.78. The van der Waals surface area contributed by atoms with Crippen LogP contribution in [0.5, 0.6) is 0 Å². The Morgan fingerprint density at radius 1 is 1.22 bits per heavy atom. The first-order valence-corrected chi connectivity index (χ1v) is 15.5. The van der Waals surface area contributed by atoms with E-state index in [4.69, 9.17) is 4.52 Å². The zero-order valence-corrected chi connectivity index (χ0v) is 24.3. The standard InChI is InChI=1S/C24H37N4O7PS/c1-9-35-36(32)17-14-15(27-37(8,33)34)10-11-16(17)25-20(26-36)18-19(29)24(31,23(5,6)7)28(21(18)30)13-12-22(2,3)4/h10-11,14,18,27,31H,9,12-13H2,1-8H3,(H,25,26,32). The predicted molar refractivity (Wildman–Crippen MR) is 144 cm³/mol. The second kappa shape index (κ2) is 9.48. The van der Waals surface area contributed by atoms with Gasteiger partial charge in [-0.2, -0.15) is 4.76 Å². The molecule has 3 N–H and O–H groups in total. The maximum Gasteiger partial charge on any atom is 0.348 e. The summed E-state index contributed by atoms with van der Waals surface area (Å²) >= 11 is 0. The highest BCUT2D eigenvalue weighted by Gasteiger charge is 2.64. The molecule has 2 aliphatic rings. The van der Waals surface area contributed by atoms with Gasteiger partial charge >= 0.3 is 7.52 Å². The number of benzene rings is 1. The zero-order valence-electron chi connectivity index (χ0n) is 22.6. The number of amidine groups is 1. The van der Waals surface area contributed by atoms with Crippen molar-refractivity contribution in [2.24, 2.45) is 21.5 Å². The summed E-state index contributed by atoms with van der Waals surface area (Å²) in [6, 6.07) is 4.27. The van der Waals surface area contributed by atoms with Crippen LogP contribution in [0.2, 0.25) is 0 Å². The van der Waals surface area contributed by atoms with E-state index < -0.39 is 46.3 Å². The van der Waals surface area contributed by atoms with Crippen molar-refractivity contribution < 1.29 is 32.2 Å². The first-order chi connectivity index (χ1) is 16.7. The Balaban J connectivity index is 2.11. The summed E-state index contributed by atoms with van der Waals surface area (Å²) in [6.45, 7) is 12.8. The normalized spacial score (nSPS) is 26.6. The molecule has 2 aliphatic heterocycles. The molecule has 3 rings (SSSR count). The van der Waals surface area contributed by atoms with Crippen LogP contribution in [0.3, 0.4) is 0 Å². The maximum atomic E-state index is 13.9. The van der Waals surface area contributed by atoms with Crippen molar-refractivity contribution in [2.75, 3.05) is 29.4 Å². The van der Waals surface area contributed by atoms with Crippen LogP contribution in [0.15, 0.2) is 23.0 Å². The van der Waals surface area contributed by atoms with E-state index in [1.165, 1.54) is 23.1 Å². The molecule has 1 fully saturated rings. The molecule has 206 valence electrons. The fourth-order valence-corrected chi connectivity index (χ4v) is 6.80. The molecule has 3 unspecified atom stereocenters. The Morgan fingerprint density at radius 2 is 1.84 bits per heavy atom. The van der Waals surface area contributed by atoms with Crippen LogP contribution in [0.25, 0.3) is 0 Å². The summed E-state index contributed by atoms with van der Waals surface area (Å²) in [5.74, 6) is -3.09. The van der Waals surface area contributed by atoms with Crippen molar-refractivity contribution in [1.29, 1.82) is 0 Å². The lowest BCUT2D eigenvalue weighted by Crippen LogP contribution is -2.59. The van der Waals surface area contributed by atoms with E-state index in [-0.39, 0.29) is 41.1 Å². The number of Topliss-reactive ketones (excluding diaryl/α,β-unsaturated/α-hetero) is 1. The van der Waals surface area contributed by atoms with Gasteiger partial charge in [0, 0.05) is 17.6 Å². The van der Waals surface area contributed by atoms with Crippen LogP contribution in [0.1, 0.15) is 54.9 Å². The van der Waals surface area contributed by atoms with Crippen molar-refractivity contribution >= 4 is 51.7 Å². The number of amides is 1. The Morgan fingerprint density at radius 3 is 2.35 bits per heavy atom. The molecule has 37 heavy (non-hydrogen) atoms. The van der Waals surface area contributed by atoms with E-state index in [0.29, 0.717) is 6.42 Å². The molecule has 11 nitrogen and oxygen atoms in total. The van der Waals surface area contributed by atoms with E-state index in [1.807, 2.05) is 20.8 Å². The van der Waals surface area contributed by atoms with Crippen molar-refractivity contribution in [2.45, 2.75) is 60.6 Å². The fourth-order valence-electron chi connectivity index (χ4n) is 4.41. The quantitative estimate of drug-likeness (QED) is 0.342. The van der Waals surface area contributed by atoms with Crippen LogP contribution in [0.4, 0.5) is 11.4 Å². The third-order valence-electron chi connectivity index (χ3n) is 6.33. The first-order valence-electron chi connectivity index (χ1n) is 12.1. The minimum Gasteiger partial charge on any atom is -0.364 e. The molecular weight excluding hydrogens is 519 g/mol. The SMILES string of the molecule is CCOP1(=O)N=C(C2C(=O)N(CCC(C)(C)C)C(O)(C(C)(C)C)C2=O)Nc2ccc(NS(C)(=O)=O)cc21. The third kappa shape index (κ3) is 5.62. The first kappa shape index (κ1) is 29.3. The number of carbonyl (C=O) groups is 2. The van der Waals surface area contributed by atoms with E-state index in [0.717, 1.165) is 6.26 Å².